The first-order valence-corrected chi connectivity index (χ1v) is 5.14. The fraction of sp³-hybridized carbons (Fsp3) is 0.455. The number of anilines is 1. The molecule has 0 saturated heterocycles. The average Bonchev–Trinajstić information content (AvgIpc) is 2.25. The number of carboxylic acids is 1. The van der Waals surface area contributed by atoms with Gasteiger partial charge in [0.1, 0.15) is 5.82 Å². The summed E-state index contributed by atoms with van der Waals surface area (Å²) in [6.45, 7) is 4.23. The van der Waals surface area contributed by atoms with E-state index in [-0.39, 0.29) is 18.1 Å². The van der Waals surface area contributed by atoms with Gasteiger partial charge in [-0.3, -0.25) is 0 Å². The maximum atomic E-state index is 10.9. The van der Waals surface area contributed by atoms with Gasteiger partial charge in [-0.1, -0.05) is 13.8 Å². The molecule has 0 atom stereocenters. The third-order valence-corrected chi connectivity index (χ3v) is 2.10. The van der Waals surface area contributed by atoms with E-state index in [0.29, 0.717) is 12.4 Å². The Balaban J connectivity index is 3.03. The van der Waals surface area contributed by atoms with Gasteiger partial charge < -0.3 is 15.5 Å². The number of carboxylic acid groups (broad SMARTS) is 1. The maximum absolute atomic E-state index is 10.9. The van der Waals surface area contributed by atoms with Gasteiger partial charge in [0.25, 0.3) is 0 Å². The van der Waals surface area contributed by atoms with E-state index in [4.69, 9.17) is 10.2 Å². The van der Waals surface area contributed by atoms with Crippen LogP contribution in [0, 0.1) is 0 Å². The van der Waals surface area contributed by atoms with Crippen molar-refractivity contribution in [1.82, 2.24) is 4.98 Å². The molecule has 0 unspecified atom stereocenters. The number of hydrogen-bond acceptors (Lipinski definition) is 4. The van der Waals surface area contributed by atoms with Crippen LogP contribution in [0.4, 0.5) is 5.82 Å². The number of aliphatic hydroxyl groups excluding tert-OH is 1. The Morgan fingerprint density at radius 2 is 2.19 bits per heavy atom. The Hall–Kier alpha value is -1.62. The molecule has 1 heterocycles. The lowest BCUT2D eigenvalue weighted by Gasteiger charge is -2.10. The van der Waals surface area contributed by atoms with Crippen LogP contribution in [0.2, 0.25) is 0 Å². The highest BCUT2D eigenvalue weighted by atomic mass is 16.4. The van der Waals surface area contributed by atoms with Crippen LogP contribution in [0.1, 0.15) is 35.8 Å². The second-order valence-corrected chi connectivity index (χ2v) is 3.78. The van der Waals surface area contributed by atoms with E-state index in [1.54, 1.807) is 6.07 Å². The van der Waals surface area contributed by atoms with Crippen LogP contribution in [0.15, 0.2) is 12.1 Å². The molecule has 0 amide bonds. The summed E-state index contributed by atoms with van der Waals surface area (Å²) in [7, 11) is 0. The van der Waals surface area contributed by atoms with Gasteiger partial charge in [0, 0.05) is 12.2 Å². The number of rotatable bonds is 5. The van der Waals surface area contributed by atoms with Crippen molar-refractivity contribution in [3.8, 4) is 0 Å². The van der Waals surface area contributed by atoms with Gasteiger partial charge in [-0.25, -0.2) is 9.78 Å². The zero-order valence-corrected chi connectivity index (χ0v) is 9.40. The zero-order chi connectivity index (χ0) is 12.1. The molecule has 0 radical (unpaired) electrons. The quantitative estimate of drug-likeness (QED) is 0.702. The van der Waals surface area contributed by atoms with Gasteiger partial charge in [0.05, 0.1) is 12.2 Å². The topological polar surface area (TPSA) is 82.5 Å². The number of hydrogen-bond donors (Lipinski definition) is 3. The fourth-order valence-electron chi connectivity index (χ4n) is 1.25. The van der Waals surface area contributed by atoms with Crippen molar-refractivity contribution in [3.63, 3.8) is 0 Å². The first-order valence-electron chi connectivity index (χ1n) is 5.14. The number of aromatic carboxylic acids is 1. The van der Waals surface area contributed by atoms with E-state index in [1.165, 1.54) is 6.07 Å². The Kier molecular flexibility index (Phi) is 4.25. The second kappa shape index (κ2) is 5.46. The van der Waals surface area contributed by atoms with Gasteiger partial charge in [0.15, 0.2) is 0 Å². The molecule has 0 aromatic carbocycles. The van der Waals surface area contributed by atoms with E-state index < -0.39 is 5.97 Å². The second-order valence-electron chi connectivity index (χ2n) is 3.78. The van der Waals surface area contributed by atoms with Crippen molar-refractivity contribution >= 4 is 11.8 Å². The monoisotopic (exact) mass is 224 g/mol. The molecule has 5 heteroatoms. The van der Waals surface area contributed by atoms with Crippen molar-refractivity contribution in [2.45, 2.75) is 19.8 Å². The minimum Gasteiger partial charge on any atom is -0.478 e. The third-order valence-electron chi connectivity index (χ3n) is 2.10. The van der Waals surface area contributed by atoms with Crippen molar-refractivity contribution in [1.29, 1.82) is 0 Å². The van der Waals surface area contributed by atoms with Gasteiger partial charge in [-0.15, -0.1) is 0 Å². The van der Waals surface area contributed by atoms with Gasteiger partial charge in [0.2, 0.25) is 0 Å². The predicted octanol–water partition coefficient (Wildman–Crippen LogP) is 1.31. The van der Waals surface area contributed by atoms with E-state index in [0.717, 1.165) is 5.69 Å². The van der Waals surface area contributed by atoms with Crippen molar-refractivity contribution < 1.29 is 15.0 Å². The number of aromatic nitrogens is 1. The van der Waals surface area contributed by atoms with E-state index in [1.807, 2.05) is 13.8 Å². The molecule has 1 rings (SSSR count). The van der Waals surface area contributed by atoms with E-state index in [9.17, 15) is 4.79 Å². The molecule has 1 aromatic heterocycles. The molecule has 3 N–H and O–H groups in total. The lowest BCUT2D eigenvalue weighted by atomic mass is 10.1. The lowest BCUT2D eigenvalue weighted by Crippen LogP contribution is -2.10. The molecule has 0 bridgehead atoms. The Labute approximate surface area is 94.1 Å². The summed E-state index contributed by atoms with van der Waals surface area (Å²) in [4.78, 5) is 15.2. The zero-order valence-electron chi connectivity index (χ0n) is 9.40. The molecule has 0 fully saturated rings. The molecule has 88 valence electrons. The number of carbonyl (C=O) groups is 1. The first-order chi connectivity index (χ1) is 7.54. The largest absolute Gasteiger partial charge is 0.478 e. The van der Waals surface area contributed by atoms with Crippen molar-refractivity contribution in [3.05, 3.63) is 23.4 Å². The van der Waals surface area contributed by atoms with E-state index >= 15 is 0 Å². The molecule has 0 aliphatic heterocycles. The standard InChI is InChI=1S/C11H16N2O3/c1-7(2)9-5-8(11(15)16)6-10(13-9)12-3-4-14/h5-7,14H,3-4H2,1-2H3,(H,12,13)(H,15,16). The predicted molar refractivity (Wildman–Crippen MR) is 60.9 cm³/mol. The minimum absolute atomic E-state index is 0.0179. The van der Waals surface area contributed by atoms with Crippen molar-refractivity contribution in [2.75, 3.05) is 18.5 Å². The number of pyridine rings is 1. The fourth-order valence-corrected chi connectivity index (χ4v) is 1.25. The van der Waals surface area contributed by atoms with Gasteiger partial charge >= 0.3 is 5.97 Å². The molecular weight excluding hydrogens is 208 g/mol. The third kappa shape index (κ3) is 3.20. The van der Waals surface area contributed by atoms with Crippen LogP contribution < -0.4 is 5.32 Å². The molecule has 1 aromatic rings. The van der Waals surface area contributed by atoms with Crippen molar-refractivity contribution in [2.24, 2.45) is 0 Å². The SMILES string of the molecule is CC(C)c1cc(C(=O)O)cc(NCCO)n1. The van der Waals surface area contributed by atoms with Crippen LogP contribution in [0.3, 0.4) is 0 Å². The summed E-state index contributed by atoms with van der Waals surface area (Å²) in [5.41, 5.74) is 0.930. The van der Waals surface area contributed by atoms with Crippen LogP contribution in [0.5, 0.6) is 0 Å². The molecule has 0 aliphatic rings. The summed E-state index contributed by atoms with van der Waals surface area (Å²) < 4.78 is 0. The molecule has 0 aliphatic carbocycles. The summed E-state index contributed by atoms with van der Waals surface area (Å²) in [5, 5.41) is 20.5. The number of nitrogens with one attached hydrogen (secondary N) is 1. The van der Waals surface area contributed by atoms with Gasteiger partial charge in [-0.2, -0.15) is 0 Å². The van der Waals surface area contributed by atoms with E-state index in [2.05, 4.69) is 10.3 Å². The summed E-state index contributed by atoms with van der Waals surface area (Å²) in [6, 6.07) is 3.03. The Morgan fingerprint density at radius 3 is 2.69 bits per heavy atom. The highest BCUT2D eigenvalue weighted by Crippen LogP contribution is 2.17. The van der Waals surface area contributed by atoms with Crippen LogP contribution in [-0.2, 0) is 0 Å². The highest BCUT2D eigenvalue weighted by molar-refractivity contribution is 5.88. The van der Waals surface area contributed by atoms with Crippen LogP contribution >= 0.6 is 0 Å². The average molecular weight is 224 g/mol. The molecular formula is C11H16N2O3. The molecule has 0 saturated carbocycles. The molecule has 0 spiro atoms. The smallest absolute Gasteiger partial charge is 0.335 e. The summed E-state index contributed by atoms with van der Waals surface area (Å²) in [5.74, 6) is -0.331. The molecule has 5 nitrogen and oxygen atoms in total. The summed E-state index contributed by atoms with van der Waals surface area (Å²) in [6.07, 6.45) is 0. The molecule has 16 heavy (non-hydrogen) atoms. The Bertz CT molecular complexity index is 377. The highest BCUT2D eigenvalue weighted by Gasteiger charge is 2.10. The minimum atomic E-state index is -0.976. The number of aliphatic hydroxyl groups is 1. The maximum Gasteiger partial charge on any atom is 0.335 e. The van der Waals surface area contributed by atoms with Crippen LogP contribution in [0.25, 0.3) is 0 Å². The first kappa shape index (κ1) is 12.4. The normalized spacial score (nSPS) is 10.5. The van der Waals surface area contributed by atoms with Crippen LogP contribution in [-0.4, -0.2) is 34.3 Å². The summed E-state index contributed by atoms with van der Waals surface area (Å²) >= 11 is 0. The lowest BCUT2D eigenvalue weighted by molar-refractivity contribution is 0.0696. The Morgan fingerprint density at radius 1 is 1.50 bits per heavy atom. The number of nitrogens with zero attached hydrogens (tertiary/aromatic N) is 1. The van der Waals surface area contributed by atoms with Gasteiger partial charge in [-0.05, 0) is 18.1 Å².